The van der Waals surface area contributed by atoms with Crippen LogP contribution < -0.4 is 5.32 Å². The minimum atomic E-state index is -0.178. The third-order valence-electron chi connectivity index (χ3n) is 2.53. The summed E-state index contributed by atoms with van der Waals surface area (Å²) >= 11 is 0. The highest BCUT2D eigenvalue weighted by atomic mass is 35.5. The molecule has 1 aromatic carbocycles. The normalized spacial score (nSPS) is 20.8. The van der Waals surface area contributed by atoms with E-state index in [2.05, 4.69) is 5.32 Å². The van der Waals surface area contributed by atoms with Crippen molar-refractivity contribution in [3.8, 4) is 0 Å². The van der Waals surface area contributed by atoms with Crippen molar-refractivity contribution in [1.82, 2.24) is 5.32 Å². The predicted octanol–water partition coefficient (Wildman–Crippen LogP) is 2.22. The largest absolute Gasteiger partial charge is 0.378 e. The number of aryl methyl sites for hydroxylation is 1. The van der Waals surface area contributed by atoms with E-state index in [4.69, 9.17) is 4.74 Å². The molecular formula is C11H15ClFNO. The highest BCUT2D eigenvalue weighted by Crippen LogP contribution is 2.20. The van der Waals surface area contributed by atoms with Crippen LogP contribution in [0.1, 0.15) is 17.2 Å². The number of hydrogen-bond donors (Lipinski definition) is 1. The Morgan fingerprint density at radius 3 is 2.87 bits per heavy atom. The molecule has 15 heavy (non-hydrogen) atoms. The fraction of sp³-hybridized carbons (Fsp3) is 0.455. The summed E-state index contributed by atoms with van der Waals surface area (Å²) in [7, 11) is 0. The molecule has 1 aliphatic heterocycles. The first-order chi connectivity index (χ1) is 6.77. The van der Waals surface area contributed by atoms with Crippen LogP contribution in [0.4, 0.5) is 4.39 Å². The Balaban J connectivity index is 0.00000112. The summed E-state index contributed by atoms with van der Waals surface area (Å²) in [5.74, 6) is -0.178. The molecule has 84 valence electrons. The molecule has 1 fully saturated rings. The van der Waals surface area contributed by atoms with Crippen LogP contribution >= 0.6 is 12.4 Å². The Labute approximate surface area is 95.2 Å². The first-order valence-corrected chi connectivity index (χ1v) is 4.84. The van der Waals surface area contributed by atoms with Gasteiger partial charge in [0.05, 0.1) is 19.3 Å². The zero-order chi connectivity index (χ0) is 9.97. The molecule has 0 unspecified atom stereocenters. The standard InChI is InChI=1S/C11H14FNO.ClH/c1-8-6-9(12)2-3-10(8)11-7-14-5-4-13-11;/h2-3,6,11,13H,4-5,7H2,1H3;1H/t11-;/m0./s1. The van der Waals surface area contributed by atoms with E-state index in [0.717, 1.165) is 24.3 Å². The lowest BCUT2D eigenvalue weighted by molar-refractivity contribution is 0.0766. The summed E-state index contributed by atoms with van der Waals surface area (Å²) in [6.07, 6.45) is 0. The molecule has 1 aliphatic rings. The monoisotopic (exact) mass is 231 g/mol. The molecule has 0 saturated carbocycles. The van der Waals surface area contributed by atoms with E-state index in [1.165, 1.54) is 6.07 Å². The Morgan fingerprint density at radius 1 is 1.47 bits per heavy atom. The molecule has 2 rings (SSSR count). The van der Waals surface area contributed by atoms with E-state index in [-0.39, 0.29) is 24.3 Å². The molecule has 0 bridgehead atoms. The Morgan fingerprint density at radius 2 is 2.27 bits per heavy atom. The molecule has 1 aromatic rings. The number of morpholine rings is 1. The molecule has 0 aromatic heterocycles. The van der Waals surface area contributed by atoms with Crippen molar-refractivity contribution in [2.24, 2.45) is 0 Å². The van der Waals surface area contributed by atoms with Crippen molar-refractivity contribution >= 4 is 12.4 Å². The fourth-order valence-corrected chi connectivity index (χ4v) is 1.80. The van der Waals surface area contributed by atoms with Gasteiger partial charge in [-0.15, -0.1) is 12.4 Å². The number of benzene rings is 1. The first kappa shape index (κ1) is 12.4. The summed E-state index contributed by atoms with van der Waals surface area (Å²) in [6, 6.07) is 5.10. The van der Waals surface area contributed by atoms with Gasteiger partial charge in [0, 0.05) is 6.54 Å². The Kier molecular flexibility index (Phi) is 4.51. The molecule has 0 radical (unpaired) electrons. The lowest BCUT2D eigenvalue weighted by atomic mass is 10.0. The van der Waals surface area contributed by atoms with Gasteiger partial charge in [-0.05, 0) is 30.2 Å². The Hall–Kier alpha value is -0.640. The van der Waals surface area contributed by atoms with Gasteiger partial charge >= 0.3 is 0 Å². The third kappa shape index (κ3) is 2.91. The van der Waals surface area contributed by atoms with Gasteiger partial charge in [-0.25, -0.2) is 4.39 Å². The van der Waals surface area contributed by atoms with Gasteiger partial charge in [0.15, 0.2) is 0 Å². The second-order valence-electron chi connectivity index (χ2n) is 3.58. The molecule has 1 N–H and O–H groups in total. The van der Waals surface area contributed by atoms with Crippen molar-refractivity contribution in [3.05, 3.63) is 35.1 Å². The molecule has 2 nitrogen and oxygen atoms in total. The van der Waals surface area contributed by atoms with Crippen LogP contribution in [-0.4, -0.2) is 19.8 Å². The maximum Gasteiger partial charge on any atom is 0.123 e. The van der Waals surface area contributed by atoms with Crippen molar-refractivity contribution < 1.29 is 9.13 Å². The van der Waals surface area contributed by atoms with Crippen LogP contribution in [-0.2, 0) is 4.74 Å². The van der Waals surface area contributed by atoms with Gasteiger partial charge in [0.1, 0.15) is 5.82 Å². The zero-order valence-electron chi connectivity index (χ0n) is 8.63. The van der Waals surface area contributed by atoms with Gasteiger partial charge in [0.2, 0.25) is 0 Å². The van der Waals surface area contributed by atoms with Crippen LogP contribution in [0.5, 0.6) is 0 Å². The highest BCUT2D eigenvalue weighted by molar-refractivity contribution is 5.85. The average Bonchev–Trinajstić information content (AvgIpc) is 2.19. The van der Waals surface area contributed by atoms with Crippen LogP contribution in [0.25, 0.3) is 0 Å². The van der Waals surface area contributed by atoms with Crippen LogP contribution in [0, 0.1) is 12.7 Å². The minimum absolute atomic E-state index is 0. The molecule has 1 saturated heterocycles. The second-order valence-corrected chi connectivity index (χ2v) is 3.58. The first-order valence-electron chi connectivity index (χ1n) is 4.84. The second kappa shape index (κ2) is 5.45. The lowest BCUT2D eigenvalue weighted by Gasteiger charge is -2.25. The highest BCUT2D eigenvalue weighted by Gasteiger charge is 2.16. The van der Waals surface area contributed by atoms with E-state index in [1.807, 2.05) is 13.0 Å². The van der Waals surface area contributed by atoms with E-state index < -0.39 is 0 Å². The van der Waals surface area contributed by atoms with E-state index >= 15 is 0 Å². The number of ether oxygens (including phenoxy) is 1. The molecule has 0 aliphatic carbocycles. The Bertz CT molecular complexity index is 326. The number of nitrogens with one attached hydrogen (secondary N) is 1. The van der Waals surface area contributed by atoms with Crippen LogP contribution in [0.2, 0.25) is 0 Å². The zero-order valence-corrected chi connectivity index (χ0v) is 9.44. The van der Waals surface area contributed by atoms with Crippen LogP contribution in [0.15, 0.2) is 18.2 Å². The van der Waals surface area contributed by atoms with E-state index in [9.17, 15) is 4.39 Å². The number of halogens is 2. The van der Waals surface area contributed by atoms with Gasteiger partial charge in [-0.2, -0.15) is 0 Å². The average molecular weight is 232 g/mol. The van der Waals surface area contributed by atoms with Gasteiger partial charge in [0.25, 0.3) is 0 Å². The molecule has 0 amide bonds. The number of rotatable bonds is 1. The SMILES string of the molecule is Cc1cc(F)ccc1[C@@H]1COCCN1.Cl. The van der Waals surface area contributed by atoms with Crippen molar-refractivity contribution in [3.63, 3.8) is 0 Å². The van der Waals surface area contributed by atoms with E-state index in [0.29, 0.717) is 6.61 Å². The maximum absolute atomic E-state index is 12.9. The molecule has 0 spiro atoms. The van der Waals surface area contributed by atoms with E-state index in [1.54, 1.807) is 6.07 Å². The van der Waals surface area contributed by atoms with Crippen molar-refractivity contribution in [2.75, 3.05) is 19.8 Å². The fourth-order valence-electron chi connectivity index (χ4n) is 1.80. The predicted molar refractivity (Wildman–Crippen MR) is 59.9 cm³/mol. The summed E-state index contributed by atoms with van der Waals surface area (Å²) in [6.45, 7) is 4.22. The summed E-state index contributed by atoms with van der Waals surface area (Å²) < 4.78 is 18.2. The minimum Gasteiger partial charge on any atom is -0.378 e. The van der Waals surface area contributed by atoms with Gasteiger partial charge < -0.3 is 10.1 Å². The quantitative estimate of drug-likeness (QED) is 0.800. The van der Waals surface area contributed by atoms with Gasteiger partial charge in [-0.3, -0.25) is 0 Å². The van der Waals surface area contributed by atoms with Crippen molar-refractivity contribution in [2.45, 2.75) is 13.0 Å². The lowest BCUT2D eigenvalue weighted by Crippen LogP contribution is -2.34. The summed E-state index contributed by atoms with van der Waals surface area (Å²) in [5.41, 5.74) is 2.11. The number of hydrogen-bond acceptors (Lipinski definition) is 2. The molecule has 1 heterocycles. The summed E-state index contributed by atoms with van der Waals surface area (Å²) in [4.78, 5) is 0. The third-order valence-corrected chi connectivity index (χ3v) is 2.53. The topological polar surface area (TPSA) is 21.3 Å². The van der Waals surface area contributed by atoms with Gasteiger partial charge in [-0.1, -0.05) is 6.07 Å². The molecule has 1 atom stereocenters. The molecular weight excluding hydrogens is 217 g/mol. The summed E-state index contributed by atoms with van der Waals surface area (Å²) in [5, 5.41) is 3.35. The van der Waals surface area contributed by atoms with Crippen LogP contribution in [0.3, 0.4) is 0 Å². The smallest absolute Gasteiger partial charge is 0.123 e. The van der Waals surface area contributed by atoms with Crippen molar-refractivity contribution in [1.29, 1.82) is 0 Å². The maximum atomic E-state index is 12.9. The molecule has 4 heteroatoms.